The van der Waals surface area contributed by atoms with E-state index in [-0.39, 0.29) is 17.1 Å². The molecule has 0 radical (unpaired) electrons. The first-order valence-corrected chi connectivity index (χ1v) is 6.61. The second kappa shape index (κ2) is 4.63. The lowest BCUT2D eigenvalue weighted by molar-refractivity contribution is 0.0839. The highest BCUT2D eigenvalue weighted by Gasteiger charge is 2.39. The monoisotopic (exact) mass is 234 g/mol. The SMILES string of the molecule is CCCn1cc(C(=O)C2CCCC2(C)C)cn1. The molecule has 0 saturated heterocycles. The maximum Gasteiger partial charge on any atom is 0.169 e. The first kappa shape index (κ1) is 12.3. The van der Waals surface area contributed by atoms with Gasteiger partial charge in [0.2, 0.25) is 0 Å². The van der Waals surface area contributed by atoms with Crippen LogP contribution in [0.4, 0.5) is 0 Å². The number of carbonyl (C=O) groups excluding carboxylic acids is 1. The average Bonchev–Trinajstić information content (AvgIpc) is 2.84. The van der Waals surface area contributed by atoms with Crippen LogP contribution in [0.5, 0.6) is 0 Å². The minimum Gasteiger partial charge on any atom is -0.294 e. The molecular formula is C14H22N2O. The van der Waals surface area contributed by atoms with Crippen molar-refractivity contribution in [1.29, 1.82) is 0 Å². The van der Waals surface area contributed by atoms with Gasteiger partial charge in [0.25, 0.3) is 0 Å². The molecule has 0 bridgehead atoms. The van der Waals surface area contributed by atoms with Crippen molar-refractivity contribution in [2.75, 3.05) is 0 Å². The van der Waals surface area contributed by atoms with Gasteiger partial charge in [0.1, 0.15) is 0 Å². The molecule has 1 atom stereocenters. The van der Waals surface area contributed by atoms with E-state index in [4.69, 9.17) is 0 Å². The van der Waals surface area contributed by atoms with Crippen LogP contribution >= 0.6 is 0 Å². The van der Waals surface area contributed by atoms with E-state index in [0.717, 1.165) is 31.4 Å². The summed E-state index contributed by atoms with van der Waals surface area (Å²) >= 11 is 0. The van der Waals surface area contributed by atoms with Gasteiger partial charge in [-0.3, -0.25) is 9.48 Å². The Labute approximate surface area is 103 Å². The van der Waals surface area contributed by atoms with Crippen LogP contribution in [0, 0.1) is 11.3 Å². The topological polar surface area (TPSA) is 34.9 Å². The Hall–Kier alpha value is -1.12. The predicted molar refractivity (Wildman–Crippen MR) is 68.0 cm³/mol. The molecule has 1 fully saturated rings. The molecule has 1 aromatic heterocycles. The average molecular weight is 234 g/mol. The summed E-state index contributed by atoms with van der Waals surface area (Å²) in [7, 11) is 0. The lowest BCUT2D eigenvalue weighted by Crippen LogP contribution is -2.25. The van der Waals surface area contributed by atoms with E-state index in [9.17, 15) is 4.79 Å². The lowest BCUT2D eigenvalue weighted by atomic mass is 9.78. The molecule has 94 valence electrons. The summed E-state index contributed by atoms with van der Waals surface area (Å²) in [6.45, 7) is 7.42. The Balaban J connectivity index is 2.13. The molecule has 1 aromatic rings. The molecule has 1 heterocycles. The second-order valence-corrected chi connectivity index (χ2v) is 5.79. The van der Waals surface area contributed by atoms with Gasteiger partial charge in [-0.05, 0) is 24.7 Å². The summed E-state index contributed by atoms with van der Waals surface area (Å²) < 4.78 is 1.87. The standard InChI is InChI=1S/C14H22N2O/c1-4-8-16-10-11(9-15-16)13(17)12-6-5-7-14(12,2)3/h9-10,12H,4-8H2,1-3H3. The van der Waals surface area contributed by atoms with Gasteiger partial charge in [-0.25, -0.2) is 0 Å². The van der Waals surface area contributed by atoms with E-state index in [1.165, 1.54) is 6.42 Å². The van der Waals surface area contributed by atoms with Crippen molar-refractivity contribution in [3.05, 3.63) is 18.0 Å². The maximum absolute atomic E-state index is 12.4. The third kappa shape index (κ3) is 2.43. The molecule has 0 aliphatic heterocycles. The number of hydrogen-bond acceptors (Lipinski definition) is 2. The van der Waals surface area contributed by atoms with Gasteiger partial charge < -0.3 is 0 Å². The third-order valence-corrected chi connectivity index (χ3v) is 3.94. The van der Waals surface area contributed by atoms with Crippen LogP contribution < -0.4 is 0 Å². The largest absolute Gasteiger partial charge is 0.294 e. The third-order valence-electron chi connectivity index (χ3n) is 3.94. The van der Waals surface area contributed by atoms with Crippen LogP contribution in [0.3, 0.4) is 0 Å². The highest BCUT2D eigenvalue weighted by Crippen LogP contribution is 2.44. The number of hydrogen-bond donors (Lipinski definition) is 0. The zero-order valence-corrected chi connectivity index (χ0v) is 11.1. The van der Waals surface area contributed by atoms with Crippen LogP contribution in [0.1, 0.15) is 56.8 Å². The van der Waals surface area contributed by atoms with E-state index in [0.29, 0.717) is 0 Å². The van der Waals surface area contributed by atoms with E-state index in [1.807, 2.05) is 10.9 Å². The zero-order valence-electron chi connectivity index (χ0n) is 11.1. The van der Waals surface area contributed by atoms with Crippen LogP contribution in [0.2, 0.25) is 0 Å². The Kier molecular flexibility index (Phi) is 3.36. The fourth-order valence-electron chi connectivity index (χ4n) is 2.86. The molecule has 2 rings (SSSR count). The van der Waals surface area contributed by atoms with Crippen molar-refractivity contribution >= 4 is 5.78 Å². The van der Waals surface area contributed by atoms with Crippen molar-refractivity contribution < 1.29 is 4.79 Å². The number of aromatic nitrogens is 2. The second-order valence-electron chi connectivity index (χ2n) is 5.79. The smallest absolute Gasteiger partial charge is 0.169 e. The predicted octanol–water partition coefficient (Wildman–Crippen LogP) is 3.30. The molecule has 1 unspecified atom stereocenters. The molecular weight excluding hydrogens is 212 g/mol. The normalized spacial score (nSPS) is 22.9. The van der Waals surface area contributed by atoms with Gasteiger partial charge in [0.15, 0.2) is 5.78 Å². The maximum atomic E-state index is 12.4. The molecule has 1 saturated carbocycles. The first-order chi connectivity index (χ1) is 8.04. The summed E-state index contributed by atoms with van der Waals surface area (Å²) in [6, 6.07) is 0. The highest BCUT2D eigenvalue weighted by atomic mass is 16.1. The van der Waals surface area contributed by atoms with Crippen molar-refractivity contribution in [3.63, 3.8) is 0 Å². The Morgan fingerprint density at radius 3 is 2.94 bits per heavy atom. The van der Waals surface area contributed by atoms with Crippen LogP contribution in [-0.4, -0.2) is 15.6 Å². The molecule has 17 heavy (non-hydrogen) atoms. The van der Waals surface area contributed by atoms with Gasteiger partial charge in [-0.1, -0.05) is 27.2 Å². The van der Waals surface area contributed by atoms with Crippen molar-refractivity contribution in [2.45, 2.75) is 53.0 Å². The summed E-state index contributed by atoms with van der Waals surface area (Å²) in [4.78, 5) is 12.4. The van der Waals surface area contributed by atoms with Gasteiger partial charge >= 0.3 is 0 Å². The summed E-state index contributed by atoms with van der Waals surface area (Å²) in [5.74, 6) is 0.469. The summed E-state index contributed by atoms with van der Waals surface area (Å²) in [5, 5.41) is 4.24. The quantitative estimate of drug-likeness (QED) is 0.749. The van der Waals surface area contributed by atoms with Gasteiger partial charge in [-0.15, -0.1) is 0 Å². The molecule has 0 spiro atoms. The number of Topliss-reactive ketones (excluding diaryl/α,β-unsaturated/α-hetero) is 1. The molecule has 1 aliphatic carbocycles. The van der Waals surface area contributed by atoms with Gasteiger partial charge in [0.05, 0.1) is 11.8 Å². The molecule has 0 N–H and O–H groups in total. The molecule has 0 aromatic carbocycles. The van der Waals surface area contributed by atoms with E-state index < -0.39 is 0 Å². The number of rotatable bonds is 4. The Morgan fingerprint density at radius 1 is 1.59 bits per heavy atom. The van der Waals surface area contributed by atoms with Crippen LogP contribution in [0.15, 0.2) is 12.4 Å². The summed E-state index contributed by atoms with van der Waals surface area (Å²) in [5.41, 5.74) is 0.947. The molecule has 3 nitrogen and oxygen atoms in total. The fourth-order valence-corrected chi connectivity index (χ4v) is 2.86. The van der Waals surface area contributed by atoms with Crippen molar-refractivity contribution in [2.24, 2.45) is 11.3 Å². The molecule has 0 amide bonds. The van der Waals surface area contributed by atoms with E-state index in [1.54, 1.807) is 6.20 Å². The molecule has 3 heteroatoms. The summed E-state index contributed by atoms with van der Waals surface area (Å²) in [6.07, 6.45) is 8.04. The number of nitrogens with zero attached hydrogens (tertiary/aromatic N) is 2. The highest BCUT2D eigenvalue weighted by molar-refractivity contribution is 5.98. The fraction of sp³-hybridized carbons (Fsp3) is 0.714. The van der Waals surface area contributed by atoms with Crippen LogP contribution in [-0.2, 0) is 6.54 Å². The minimum absolute atomic E-state index is 0.157. The van der Waals surface area contributed by atoms with Gasteiger partial charge in [-0.2, -0.15) is 5.10 Å². The van der Waals surface area contributed by atoms with Gasteiger partial charge in [0, 0.05) is 18.7 Å². The Bertz CT molecular complexity index is 406. The Morgan fingerprint density at radius 2 is 2.35 bits per heavy atom. The molecule has 1 aliphatic rings. The van der Waals surface area contributed by atoms with E-state index >= 15 is 0 Å². The number of carbonyl (C=O) groups is 1. The number of ketones is 1. The minimum atomic E-state index is 0.157. The van der Waals surface area contributed by atoms with Crippen molar-refractivity contribution in [3.8, 4) is 0 Å². The van der Waals surface area contributed by atoms with Crippen molar-refractivity contribution in [1.82, 2.24) is 9.78 Å². The zero-order chi connectivity index (χ0) is 12.5. The van der Waals surface area contributed by atoms with Crippen LogP contribution in [0.25, 0.3) is 0 Å². The number of aryl methyl sites for hydroxylation is 1. The lowest BCUT2D eigenvalue weighted by Gasteiger charge is -2.25. The van der Waals surface area contributed by atoms with E-state index in [2.05, 4.69) is 25.9 Å². The first-order valence-electron chi connectivity index (χ1n) is 6.61.